The highest BCUT2D eigenvalue weighted by Crippen LogP contribution is 2.26. The van der Waals surface area contributed by atoms with Crippen molar-refractivity contribution < 1.29 is 14.3 Å². The Morgan fingerprint density at radius 2 is 1.62 bits per heavy atom. The molecule has 1 aromatic carbocycles. The van der Waals surface area contributed by atoms with Gasteiger partial charge in [0.2, 0.25) is 5.91 Å². The number of morpholine rings is 1. The van der Waals surface area contributed by atoms with Gasteiger partial charge in [-0.15, -0.1) is 0 Å². The van der Waals surface area contributed by atoms with Crippen LogP contribution in [0.3, 0.4) is 0 Å². The number of carbonyl (C=O) groups excluding carboxylic acids is 2. The Labute approximate surface area is 173 Å². The first-order valence-electron chi connectivity index (χ1n) is 10.9. The van der Waals surface area contributed by atoms with Gasteiger partial charge >= 0.3 is 6.03 Å². The van der Waals surface area contributed by atoms with Gasteiger partial charge in [-0.3, -0.25) is 4.79 Å². The van der Waals surface area contributed by atoms with Crippen molar-refractivity contribution in [3.8, 4) is 0 Å². The Kier molecular flexibility index (Phi) is 6.23. The number of urea groups is 1. The Hall–Kier alpha value is -2.28. The number of hydrogen-bond donors (Lipinski definition) is 1. The van der Waals surface area contributed by atoms with Crippen molar-refractivity contribution in [1.82, 2.24) is 9.80 Å². The van der Waals surface area contributed by atoms with Crippen molar-refractivity contribution in [2.45, 2.75) is 32.6 Å². The zero-order valence-corrected chi connectivity index (χ0v) is 17.4. The normalized spacial score (nSPS) is 20.8. The standard InChI is InChI=1S/C22H32N4O3/c1-17-16-19(24-12-14-29-15-13-24)4-5-20(17)23-21(27)18-6-10-26(11-7-18)22(28)25-8-2-3-9-25/h4-5,16,18H,2-3,6-15H2,1H3,(H,23,27). The summed E-state index contributed by atoms with van der Waals surface area (Å²) in [6, 6.07) is 6.36. The maximum atomic E-state index is 12.8. The zero-order chi connectivity index (χ0) is 20.2. The molecule has 3 aliphatic heterocycles. The van der Waals surface area contributed by atoms with Crippen LogP contribution in [0, 0.1) is 12.8 Å². The van der Waals surface area contributed by atoms with Crippen molar-refractivity contribution in [3.63, 3.8) is 0 Å². The molecule has 0 atom stereocenters. The fraction of sp³-hybridized carbons (Fsp3) is 0.636. The molecule has 0 unspecified atom stereocenters. The minimum Gasteiger partial charge on any atom is -0.378 e. The predicted molar refractivity (Wildman–Crippen MR) is 113 cm³/mol. The molecule has 7 nitrogen and oxygen atoms in total. The third-order valence-electron chi connectivity index (χ3n) is 6.36. The third-order valence-corrected chi connectivity index (χ3v) is 6.36. The molecule has 1 N–H and O–H groups in total. The van der Waals surface area contributed by atoms with E-state index < -0.39 is 0 Å². The Morgan fingerprint density at radius 3 is 2.28 bits per heavy atom. The number of benzene rings is 1. The van der Waals surface area contributed by atoms with E-state index in [0.717, 1.165) is 76.3 Å². The maximum absolute atomic E-state index is 12.8. The zero-order valence-electron chi connectivity index (χ0n) is 17.4. The Bertz CT molecular complexity index is 734. The van der Waals surface area contributed by atoms with Crippen molar-refractivity contribution in [2.24, 2.45) is 5.92 Å². The second kappa shape index (κ2) is 9.03. The van der Waals surface area contributed by atoms with Gasteiger partial charge in [-0.2, -0.15) is 0 Å². The van der Waals surface area contributed by atoms with E-state index >= 15 is 0 Å². The highest BCUT2D eigenvalue weighted by molar-refractivity contribution is 5.93. The van der Waals surface area contributed by atoms with Crippen LogP contribution in [-0.2, 0) is 9.53 Å². The van der Waals surface area contributed by atoms with Gasteiger partial charge in [0.15, 0.2) is 0 Å². The van der Waals surface area contributed by atoms with Crippen molar-refractivity contribution in [2.75, 3.05) is 62.7 Å². The van der Waals surface area contributed by atoms with Gasteiger partial charge in [0.1, 0.15) is 0 Å². The number of aryl methyl sites for hydroxylation is 1. The lowest BCUT2D eigenvalue weighted by Crippen LogP contribution is -2.47. The van der Waals surface area contributed by atoms with E-state index in [-0.39, 0.29) is 17.9 Å². The number of hydrogen-bond acceptors (Lipinski definition) is 4. The highest BCUT2D eigenvalue weighted by atomic mass is 16.5. The van der Waals surface area contributed by atoms with E-state index in [1.165, 1.54) is 5.69 Å². The average Bonchev–Trinajstić information content (AvgIpc) is 3.30. The quantitative estimate of drug-likeness (QED) is 0.847. The van der Waals surface area contributed by atoms with Crippen molar-refractivity contribution in [3.05, 3.63) is 23.8 Å². The average molecular weight is 401 g/mol. The molecule has 29 heavy (non-hydrogen) atoms. The van der Waals surface area contributed by atoms with Crippen LogP contribution in [0.1, 0.15) is 31.2 Å². The molecule has 1 aromatic rings. The van der Waals surface area contributed by atoms with Gasteiger partial charge in [0, 0.05) is 56.6 Å². The van der Waals surface area contributed by atoms with Crippen molar-refractivity contribution in [1.29, 1.82) is 0 Å². The van der Waals surface area contributed by atoms with Crippen LogP contribution in [0.4, 0.5) is 16.2 Å². The minimum atomic E-state index is -0.0315. The first-order valence-corrected chi connectivity index (χ1v) is 10.9. The topological polar surface area (TPSA) is 65.1 Å². The molecule has 4 rings (SSSR count). The number of ether oxygens (including phenoxy) is 1. The summed E-state index contributed by atoms with van der Waals surface area (Å²) in [5.41, 5.74) is 3.13. The van der Waals surface area contributed by atoms with Gasteiger partial charge in [-0.05, 0) is 56.4 Å². The Balaban J connectivity index is 1.30. The molecule has 3 heterocycles. The van der Waals surface area contributed by atoms with Crippen LogP contribution in [0.2, 0.25) is 0 Å². The van der Waals surface area contributed by atoms with Gasteiger partial charge in [-0.25, -0.2) is 4.79 Å². The summed E-state index contributed by atoms with van der Waals surface area (Å²) < 4.78 is 5.42. The number of nitrogens with zero attached hydrogens (tertiary/aromatic N) is 3. The van der Waals surface area contributed by atoms with E-state index in [4.69, 9.17) is 4.74 Å². The van der Waals surface area contributed by atoms with E-state index in [9.17, 15) is 9.59 Å². The maximum Gasteiger partial charge on any atom is 0.319 e. The van der Waals surface area contributed by atoms with Gasteiger partial charge in [0.05, 0.1) is 13.2 Å². The summed E-state index contributed by atoms with van der Waals surface area (Å²) in [6.07, 6.45) is 3.68. The lowest BCUT2D eigenvalue weighted by Gasteiger charge is -2.34. The highest BCUT2D eigenvalue weighted by Gasteiger charge is 2.30. The first kappa shape index (κ1) is 20.0. The van der Waals surface area contributed by atoms with Gasteiger partial charge < -0.3 is 24.8 Å². The SMILES string of the molecule is Cc1cc(N2CCOCC2)ccc1NC(=O)C1CCN(C(=O)N2CCCC2)CC1. The van der Waals surface area contributed by atoms with Crippen LogP contribution < -0.4 is 10.2 Å². The molecule has 0 saturated carbocycles. The number of amides is 3. The molecule has 0 radical (unpaired) electrons. The monoisotopic (exact) mass is 400 g/mol. The fourth-order valence-electron chi connectivity index (χ4n) is 4.48. The van der Waals surface area contributed by atoms with Crippen LogP contribution in [0.5, 0.6) is 0 Å². The largest absolute Gasteiger partial charge is 0.378 e. The molecule has 158 valence electrons. The number of piperidine rings is 1. The number of carbonyl (C=O) groups is 2. The van der Waals surface area contributed by atoms with Gasteiger partial charge in [-0.1, -0.05) is 0 Å². The van der Waals surface area contributed by atoms with E-state index in [2.05, 4.69) is 22.3 Å². The third kappa shape index (κ3) is 4.66. The second-order valence-electron chi connectivity index (χ2n) is 8.33. The molecule has 0 bridgehead atoms. The first-order chi connectivity index (χ1) is 14.1. The number of likely N-dealkylation sites (tertiary alicyclic amines) is 2. The summed E-state index contributed by atoms with van der Waals surface area (Å²) in [4.78, 5) is 31.5. The van der Waals surface area contributed by atoms with Crippen molar-refractivity contribution >= 4 is 23.3 Å². The summed E-state index contributed by atoms with van der Waals surface area (Å²) in [7, 11) is 0. The van der Waals surface area contributed by atoms with Crippen LogP contribution in [-0.4, -0.2) is 74.2 Å². The second-order valence-corrected chi connectivity index (χ2v) is 8.33. The van der Waals surface area contributed by atoms with Crippen LogP contribution in [0.25, 0.3) is 0 Å². The summed E-state index contributed by atoms with van der Waals surface area (Å²) >= 11 is 0. The predicted octanol–water partition coefficient (Wildman–Crippen LogP) is 2.70. The molecular weight excluding hydrogens is 368 g/mol. The number of anilines is 2. The van der Waals surface area contributed by atoms with E-state index in [0.29, 0.717) is 13.1 Å². The summed E-state index contributed by atoms with van der Waals surface area (Å²) in [6.45, 7) is 8.45. The summed E-state index contributed by atoms with van der Waals surface area (Å²) in [5, 5.41) is 3.11. The van der Waals surface area contributed by atoms with Gasteiger partial charge in [0.25, 0.3) is 0 Å². The van der Waals surface area contributed by atoms with E-state index in [1.807, 2.05) is 22.8 Å². The molecular formula is C22H32N4O3. The smallest absolute Gasteiger partial charge is 0.319 e. The lowest BCUT2D eigenvalue weighted by molar-refractivity contribution is -0.121. The lowest BCUT2D eigenvalue weighted by atomic mass is 9.95. The van der Waals surface area contributed by atoms with E-state index in [1.54, 1.807) is 0 Å². The molecule has 3 aliphatic rings. The molecule has 0 aromatic heterocycles. The number of nitrogens with one attached hydrogen (secondary N) is 1. The number of rotatable bonds is 3. The fourth-order valence-corrected chi connectivity index (χ4v) is 4.48. The molecule has 7 heteroatoms. The molecule has 0 spiro atoms. The molecule has 3 amide bonds. The Morgan fingerprint density at radius 1 is 0.966 bits per heavy atom. The minimum absolute atomic E-state index is 0.0315. The molecule has 3 fully saturated rings. The summed E-state index contributed by atoms with van der Waals surface area (Å²) in [5.74, 6) is 0.0384. The van der Waals surface area contributed by atoms with Crippen LogP contribution >= 0.6 is 0 Å². The van der Waals surface area contributed by atoms with Crippen LogP contribution in [0.15, 0.2) is 18.2 Å². The molecule has 3 saturated heterocycles. The molecule has 0 aliphatic carbocycles.